The molecule has 142 valence electrons. The molecule has 0 radical (unpaired) electrons. The van der Waals surface area contributed by atoms with E-state index in [1.807, 2.05) is 12.1 Å². The fraction of sp³-hybridized carbons (Fsp3) is 0.545. The molecular formula is C22H31NO3. The average molecular weight is 357 g/mol. The summed E-state index contributed by atoms with van der Waals surface area (Å²) in [6.45, 7) is 3.61. The molecule has 2 heterocycles. The van der Waals surface area contributed by atoms with Gasteiger partial charge in [0.15, 0.2) is 0 Å². The molecule has 0 aliphatic carbocycles. The fourth-order valence-electron chi connectivity index (χ4n) is 4.12. The Labute approximate surface area is 156 Å². The maximum Gasteiger partial charge on any atom is 0.129 e. The normalized spacial score (nSPS) is 21.2. The summed E-state index contributed by atoms with van der Waals surface area (Å²) in [7, 11) is 1.68. The first kappa shape index (κ1) is 19.2. The van der Waals surface area contributed by atoms with Crippen molar-refractivity contribution in [3.8, 4) is 0 Å². The van der Waals surface area contributed by atoms with Crippen molar-refractivity contribution < 1.29 is 14.3 Å². The van der Waals surface area contributed by atoms with Gasteiger partial charge in [-0.15, -0.1) is 0 Å². The van der Waals surface area contributed by atoms with E-state index in [0.29, 0.717) is 6.61 Å². The van der Waals surface area contributed by atoms with Crippen molar-refractivity contribution in [3.05, 3.63) is 59.5 Å². The highest BCUT2D eigenvalue weighted by Gasteiger charge is 2.34. The number of likely N-dealkylation sites (tertiary alicyclic amines) is 1. The number of piperidine rings is 1. The molecule has 0 saturated carbocycles. The third-order valence-electron chi connectivity index (χ3n) is 5.47. The van der Waals surface area contributed by atoms with Gasteiger partial charge in [-0.3, -0.25) is 4.90 Å². The summed E-state index contributed by atoms with van der Waals surface area (Å²) in [5.74, 6) is 1.85. The molecule has 0 spiro atoms. The van der Waals surface area contributed by atoms with E-state index in [0.717, 1.165) is 63.3 Å². The van der Waals surface area contributed by atoms with Crippen molar-refractivity contribution in [1.82, 2.24) is 4.90 Å². The summed E-state index contributed by atoms with van der Waals surface area (Å²) < 4.78 is 11.0. The van der Waals surface area contributed by atoms with Crippen molar-refractivity contribution in [2.75, 3.05) is 26.8 Å². The van der Waals surface area contributed by atoms with Crippen LogP contribution >= 0.6 is 0 Å². The number of hydrogen-bond acceptors (Lipinski definition) is 4. The molecule has 4 heteroatoms. The van der Waals surface area contributed by atoms with Crippen molar-refractivity contribution in [3.63, 3.8) is 0 Å². The van der Waals surface area contributed by atoms with Gasteiger partial charge < -0.3 is 14.3 Å². The summed E-state index contributed by atoms with van der Waals surface area (Å²) in [5.41, 5.74) is 1.41. The first-order valence-corrected chi connectivity index (χ1v) is 9.67. The van der Waals surface area contributed by atoms with Gasteiger partial charge in [0.05, 0.1) is 6.54 Å². The highest BCUT2D eigenvalue weighted by molar-refractivity contribution is 5.14. The average Bonchev–Trinajstić information content (AvgIpc) is 3.10. The summed E-state index contributed by atoms with van der Waals surface area (Å²) >= 11 is 0. The number of aryl methyl sites for hydroxylation is 1. The smallest absolute Gasteiger partial charge is 0.129 e. The standard InChI is InChI=1S/C22H31NO3/c1-25-16-21-11-10-20(26-21)15-23-14-6-13-22(17-23,18-24)12-5-9-19-7-3-2-4-8-19/h2-4,7-8,10-11,24H,5-6,9,12-18H2,1H3/t22-/m0/s1. The van der Waals surface area contributed by atoms with Gasteiger partial charge >= 0.3 is 0 Å². The molecule has 1 atom stereocenters. The minimum absolute atomic E-state index is 0.0228. The zero-order valence-electron chi connectivity index (χ0n) is 15.8. The second kappa shape index (κ2) is 9.36. The Morgan fingerprint density at radius 3 is 2.73 bits per heavy atom. The largest absolute Gasteiger partial charge is 0.462 e. The monoisotopic (exact) mass is 357 g/mol. The Morgan fingerprint density at radius 1 is 1.15 bits per heavy atom. The lowest BCUT2D eigenvalue weighted by Gasteiger charge is -2.41. The van der Waals surface area contributed by atoms with Crippen LogP contribution in [0.25, 0.3) is 0 Å². The second-order valence-electron chi connectivity index (χ2n) is 7.61. The molecule has 1 fully saturated rings. The third kappa shape index (κ3) is 5.19. The van der Waals surface area contributed by atoms with E-state index in [4.69, 9.17) is 9.15 Å². The number of furan rings is 1. The zero-order valence-corrected chi connectivity index (χ0v) is 15.8. The Bertz CT molecular complexity index is 654. The Morgan fingerprint density at radius 2 is 1.96 bits per heavy atom. The van der Waals surface area contributed by atoms with Crippen molar-refractivity contribution in [2.24, 2.45) is 5.41 Å². The number of methoxy groups -OCH3 is 1. The van der Waals surface area contributed by atoms with Crippen LogP contribution in [-0.2, 0) is 24.3 Å². The maximum absolute atomic E-state index is 10.1. The Balaban J connectivity index is 1.53. The van der Waals surface area contributed by atoms with Crippen molar-refractivity contribution in [1.29, 1.82) is 0 Å². The van der Waals surface area contributed by atoms with Crippen LogP contribution in [0.2, 0.25) is 0 Å². The van der Waals surface area contributed by atoms with Gasteiger partial charge in [0.1, 0.15) is 18.1 Å². The van der Waals surface area contributed by atoms with E-state index in [1.54, 1.807) is 7.11 Å². The SMILES string of the molecule is COCc1ccc(CN2CCC[C@@](CO)(CCCc3ccccc3)C2)o1. The number of benzene rings is 1. The Hall–Kier alpha value is -1.62. The molecule has 3 rings (SSSR count). The Kier molecular flexibility index (Phi) is 6.89. The first-order valence-electron chi connectivity index (χ1n) is 9.67. The summed E-state index contributed by atoms with van der Waals surface area (Å²) in [6.07, 6.45) is 5.53. The van der Waals surface area contributed by atoms with Crippen molar-refractivity contribution >= 4 is 0 Å². The van der Waals surface area contributed by atoms with Crippen molar-refractivity contribution in [2.45, 2.75) is 45.3 Å². The molecule has 2 aromatic rings. The van der Waals surface area contributed by atoms with Gasteiger partial charge in [0.2, 0.25) is 0 Å². The highest BCUT2D eigenvalue weighted by Crippen LogP contribution is 2.35. The molecule has 1 aliphatic heterocycles. The summed E-state index contributed by atoms with van der Waals surface area (Å²) in [6, 6.07) is 14.7. The lowest BCUT2D eigenvalue weighted by molar-refractivity contribution is 0.0179. The molecule has 0 bridgehead atoms. The van der Waals surface area contributed by atoms with Crippen LogP contribution in [0, 0.1) is 5.41 Å². The molecule has 1 aromatic carbocycles. The first-order chi connectivity index (χ1) is 12.7. The van der Waals surface area contributed by atoms with E-state index >= 15 is 0 Å². The van der Waals surface area contributed by atoms with Crippen LogP contribution in [0.4, 0.5) is 0 Å². The van der Waals surface area contributed by atoms with Gasteiger partial charge in [-0.2, -0.15) is 0 Å². The van der Waals surface area contributed by atoms with Crippen LogP contribution < -0.4 is 0 Å². The molecule has 1 saturated heterocycles. The van der Waals surface area contributed by atoms with Gasteiger partial charge in [-0.25, -0.2) is 0 Å². The molecule has 26 heavy (non-hydrogen) atoms. The third-order valence-corrected chi connectivity index (χ3v) is 5.47. The summed E-state index contributed by atoms with van der Waals surface area (Å²) in [4.78, 5) is 2.43. The van der Waals surface area contributed by atoms with Crippen LogP contribution in [0.15, 0.2) is 46.9 Å². The predicted octanol–water partition coefficient (Wildman–Crippen LogP) is 4.02. The topological polar surface area (TPSA) is 45.8 Å². The van der Waals surface area contributed by atoms with Gasteiger partial charge in [0.25, 0.3) is 0 Å². The van der Waals surface area contributed by atoms with Gasteiger partial charge in [-0.1, -0.05) is 30.3 Å². The van der Waals surface area contributed by atoms with E-state index in [1.165, 1.54) is 5.56 Å². The minimum Gasteiger partial charge on any atom is -0.462 e. The lowest BCUT2D eigenvalue weighted by atomic mass is 9.76. The van der Waals surface area contributed by atoms with E-state index in [-0.39, 0.29) is 12.0 Å². The zero-order chi connectivity index (χ0) is 18.2. The van der Waals surface area contributed by atoms with Crippen LogP contribution in [0.1, 0.15) is 42.8 Å². The highest BCUT2D eigenvalue weighted by atomic mass is 16.5. The maximum atomic E-state index is 10.1. The number of aliphatic hydroxyl groups excluding tert-OH is 1. The molecule has 4 nitrogen and oxygen atoms in total. The summed E-state index contributed by atoms with van der Waals surface area (Å²) in [5, 5.41) is 10.1. The molecule has 1 aromatic heterocycles. The quantitative estimate of drug-likeness (QED) is 0.736. The molecule has 1 N–H and O–H groups in total. The second-order valence-corrected chi connectivity index (χ2v) is 7.61. The lowest BCUT2D eigenvalue weighted by Crippen LogP contribution is -2.45. The van der Waals surface area contributed by atoms with E-state index in [9.17, 15) is 5.11 Å². The minimum atomic E-state index is 0.0228. The number of aliphatic hydroxyl groups is 1. The van der Waals surface area contributed by atoms with E-state index < -0.39 is 0 Å². The van der Waals surface area contributed by atoms with Gasteiger partial charge in [-0.05, 0) is 56.3 Å². The number of nitrogens with zero attached hydrogens (tertiary/aromatic N) is 1. The molecule has 0 unspecified atom stereocenters. The van der Waals surface area contributed by atoms with Crippen LogP contribution in [-0.4, -0.2) is 36.8 Å². The van der Waals surface area contributed by atoms with Crippen LogP contribution in [0.3, 0.4) is 0 Å². The molecular weight excluding hydrogens is 326 g/mol. The fourth-order valence-corrected chi connectivity index (χ4v) is 4.12. The molecule has 0 amide bonds. The van der Waals surface area contributed by atoms with Gasteiger partial charge in [0, 0.05) is 25.7 Å². The predicted molar refractivity (Wildman–Crippen MR) is 103 cm³/mol. The van der Waals surface area contributed by atoms with E-state index in [2.05, 4.69) is 35.2 Å². The number of ether oxygens (including phenoxy) is 1. The number of hydrogen-bond donors (Lipinski definition) is 1. The van der Waals surface area contributed by atoms with Crippen LogP contribution in [0.5, 0.6) is 0 Å². The number of rotatable bonds is 9. The molecule has 1 aliphatic rings.